The molecule has 5 nitrogen and oxygen atoms in total. The Morgan fingerprint density at radius 1 is 1.26 bits per heavy atom. The van der Waals surface area contributed by atoms with E-state index < -0.39 is 0 Å². The number of aromatic nitrogens is 1. The third-order valence-corrected chi connectivity index (χ3v) is 4.34. The van der Waals surface area contributed by atoms with Crippen molar-refractivity contribution in [2.45, 2.75) is 19.9 Å². The predicted molar refractivity (Wildman–Crippen MR) is 90.0 cm³/mol. The smallest absolute Gasteiger partial charge is 0.253 e. The van der Waals surface area contributed by atoms with Gasteiger partial charge in [0.2, 0.25) is 0 Å². The van der Waals surface area contributed by atoms with Crippen molar-refractivity contribution in [3.8, 4) is 11.5 Å². The number of carbonyl (C=O) groups excluding carboxylic acids is 1. The van der Waals surface area contributed by atoms with Gasteiger partial charge in [0.05, 0.1) is 11.6 Å². The predicted octanol–water partition coefficient (Wildman–Crippen LogP) is 3.41. The summed E-state index contributed by atoms with van der Waals surface area (Å²) in [6.45, 7) is 4.89. The minimum absolute atomic E-state index is 0.160. The topological polar surface area (TPSA) is 60.5 Å². The van der Waals surface area contributed by atoms with Crippen molar-refractivity contribution in [2.24, 2.45) is 0 Å². The maximum atomic E-state index is 12.3. The molecule has 3 rings (SSSR count). The highest BCUT2D eigenvalue weighted by atomic mass is 79.9. The molecule has 2 aromatic rings. The van der Waals surface area contributed by atoms with Crippen LogP contribution >= 0.6 is 15.9 Å². The molecule has 23 heavy (non-hydrogen) atoms. The summed E-state index contributed by atoms with van der Waals surface area (Å²) in [5.74, 6) is 1.26. The second kappa shape index (κ2) is 6.58. The summed E-state index contributed by atoms with van der Waals surface area (Å²) in [7, 11) is 0. The normalized spacial score (nSPS) is 14.2. The van der Waals surface area contributed by atoms with Crippen LogP contribution in [0, 0.1) is 6.92 Å². The molecule has 1 aliphatic heterocycles. The Kier molecular flexibility index (Phi) is 4.52. The van der Waals surface area contributed by atoms with Gasteiger partial charge in [-0.2, -0.15) is 0 Å². The minimum Gasteiger partial charge on any atom is -0.486 e. The summed E-state index contributed by atoms with van der Waals surface area (Å²) < 4.78 is 12.0. The van der Waals surface area contributed by atoms with Gasteiger partial charge >= 0.3 is 0 Å². The van der Waals surface area contributed by atoms with E-state index >= 15 is 0 Å². The van der Waals surface area contributed by atoms with Gasteiger partial charge in [0, 0.05) is 16.4 Å². The van der Waals surface area contributed by atoms with Crippen molar-refractivity contribution in [3.05, 3.63) is 51.8 Å². The van der Waals surface area contributed by atoms with Crippen molar-refractivity contribution in [2.75, 3.05) is 13.2 Å². The molecule has 0 saturated heterocycles. The molecule has 120 valence electrons. The number of carbonyl (C=O) groups is 1. The Morgan fingerprint density at radius 3 is 2.61 bits per heavy atom. The molecule has 6 heteroatoms. The molecular formula is C17H17BrN2O3. The SMILES string of the molecule is Cc1ccc(C(=O)N[C@H](C)c2cc3c(cc2Br)OCCO3)cn1. The van der Waals surface area contributed by atoms with Gasteiger partial charge in [-0.3, -0.25) is 9.78 Å². The molecule has 1 N–H and O–H groups in total. The lowest BCUT2D eigenvalue weighted by Crippen LogP contribution is -2.27. The van der Waals surface area contributed by atoms with E-state index in [9.17, 15) is 4.79 Å². The second-order valence-corrected chi connectivity index (χ2v) is 6.26. The Balaban J connectivity index is 1.79. The Bertz CT molecular complexity index is 731. The van der Waals surface area contributed by atoms with Gasteiger partial charge in [-0.15, -0.1) is 0 Å². The Morgan fingerprint density at radius 2 is 1.96 bits per heavy atom. The molecule has 1 aromatic carbocycles. The minimum atomic E-state index is -0.186. The average molecular weight is 377 g/mol. The van der Waals surface area contributed by atoms with Crippen molar-refractivity contribution < 1.29 is 14.3 Å². The van der Waals surface area contributed by atoms with Gasteiger partial charge in [0.25, 0.3) is 5.91 Å². The van der Waals surface area contributed by atoms with Crippen LogP contribution in [0.2, 0.25) is 0 Å². The average Bonchev–Trinajstić information content (AvgIpc) is 2.54. The van der Waals surface area contributed by atoms with Gasteiger partial charge in [-0.1, -0.05) is 15.9 Å². The monoisotopic (exact) mass is 376 g/mol. The van der Waals surface area contributed by atoms with Crippen LogP contribution in [0.1, 0.15) is 34.6 Å². The second-order valence-electron chi connectivity index (χ2n) is 5.40. The first-order valence-corrected chi connectivity index (χ1v) is 8.16. The van der Waals surface area contributed by atoms with E-state index in [-0.39, 0.29) is 11.9 Å². The van der Waals surface area contributed by atoms with Gasteiger partial charge in [-0.25, -0.2) is 0 Å². The van der Waals surface area contributed by atoms with Crippen molar-refractivity contribution in [1.29, 1.82) is 0 Å². The molecular weight excluding hydrogens is 360 g/mol. The molecule has 0 bridgehead atoms. The molecule has 1 aromatic heterocycles. The summed E-state index contributed by atoms with van der Waals surface area (Å²) in [4.78, 5) is 16.5. The molecule has 0 radical (unpaired) electrons. The van der Waals surface area contributed by atoms with Crippen LogP contribution < -0.4 is 14.8 Å². The van der Waals surface area contributed by atoms with Crippen molar-refractivity contribution >= 4 is 21.8 Å². The summed E-state index contributed by atoms with van der Waals surface area (Å²) >= 11 is 3.53. The van der Waals surface area contributed by atoms with E-state index in [1.165, 1.54) is 0 Å². The zero-order valence-electron chi connectivity index (χ0n) is 12.9. The van der Waals surface area contributed by atoms with Crippen molar-refractivity contribution in [1.82, 2.24) is 10.3 Å². The van der Waals surface area contributed by atoms with Crippen LogP contribution in [0.5, 0.6) is 11.5 Å². The maximum Gasteiger partial charge on any atom is 0.253 e. The quantitative estimate of drug-likeness (QED) is 0.891. The number of fused-ring (bicyclic) bond motifs is 1. The number of hydrogen-bond acceptors (Lipinski definition) is 4. The lowest BCUT2D eigenvalue weighted by Gasteiger charge is -2.22. The van der Waals surface area contributed by atoms with E-state index in [1.54, 1.807) is 12.3 Å². The molecule has 0 spiro atoms. The zero-order chi connectivity index (χ0) is 16.4. The number of amides is 1. The first kappa shape index (κ1) is 15.8. The zero-order valence-corrected chi connectivity index (χ0v) is 14.5. The van der Waals surface area contributed by atoms with Crippen LogP contribution in [-0.4, -0.2) is 24.1 Å². The van der Waals surface area contributed by atoms with Crippen LogP contribution in [0.25, 0.3) is 0 Å². The van der Waals surface area contributed by atoms with E-state index in [0.29, 0.717) is 30.3 Å². The number of benzene rings is 1. The lowest BCUT2D eigenvalue weighted by atomic mass is 10.1. The first-order valence-electron chi connectivity index (χ1n) is 7.37. The van der Waals surface area contributed by atoms with Gasteiger partial charge < -0.3 is 14.8 Å². The fourth-order valence-electron chi connectivity index (χ4n) is 2.37. The highest BCUT2D eigenvalue weighted by Gasteiger charge is 2.19. The molecule has 0 aliphatic carbocycles. The van der Waals surface area contributed by atoms with Crippen LogP contribution in [-0.2, 0) is 0 Å². The fourth-order valence-corrected chi connectivity index (χ4v) is 3.04. The van der Waals surface area contributed by atoms with E-state index in [1.807, 2.05) is 32.0 Å². The number of hydrogen-bond donors (Lipinski definition) is 1. The highest BCUT2D eigenvalue weighted by molar-refractivity contribution is 9.10. The first-order chi connectivity index (χ1) is 11.0. The number of pyridine rings is 1. The van der Waals surface area contributed by atoms with E-state index in [2.05, 4.69) is 26.2 Å². The molecule has 1 amide bonds. The van der Waals surface area contributed by atoms with Crippen LogP contribution in [0.15, 0.2) is 34.9 Å². The number of halogens is 1. The van der Waals surface area contributed by atoms with Gasteiger partial charge in [-0.05, 0) is 43.7 Å². The molecule has 0 saturated carbocycles. The third-order valence-electron chi connectivity index (χ3n) is 3.65. The molecule has 2 heterocycles. The number of nitrogens with one attached hydrogen (secondary N) is 1. The van der Waals surface area contributed by atoms with E-state index in [4.69, 9.17) is 9.47 Å². The Hall–Kier alpha value is -2.08. The standard InChI is InChI=1S/C17H17BrN2O3/c1-10-3-4-12(9-19-10)17(21)20-11(2)13-7-15-16(8-14(13)18)23-6-5-22-15/h3-4,7-9,11H,5-6H2,1-2H3,(H,20,21)/t11-/m1/s1. The van der Waals surface area contributed by atoms with Gasteiger partial charge in [0.15, 0.2) is 11.5 Å². The molecule has 1 aliphatic rings. The summed E-state index contributed by atoms with van der Waals surface area (Å²) in [6.07, 6.45) is 1.58. The van der Waals surface area contributed by atoms with Crippen molar-refractivity contribution in [3.63, 3.8) is 0 Å². The Labute approximate surface area is 143 Å². The molecule has 1 atom stereocenters. The molecule has 0 fully saturated rings. The number of nitrogens with zero attached hydrogens (tertiary/aromatic N) is 1. The van der Waals surface area contributed by atoms with Crippen LogP contribution in [0.4, 0.5) is 0 Å². The summed E-state index contributed by atoms with van der Waals surface area (Å²) in [5, 5.41) is 2.97. The largest absolute Gasteiger partial charge is 0.486 e. The van der Waals surface area contributed by atoms with Crippen LogP contribution in [0.3, 0.4) is 0 Å². The van der Waals surface area contributed by atoms with E-state index in [0.717, 1.165) is 15.7 Å². The number of rotatable bonds is 3. The maximum absolute atomic E-state index is 12.3. The fraction of sp³-hybridized carbons (Fsp3) is 0.294. The third kappa shape index (κ3) is 3.47. The van der Waals surface area contributed by atoms with Gasteiger partial charge in [0.1, 0.15) is 13.2 Å². The number of aryl methyl sites for hydroxylation is 1. The lowest BCUT2D eigenvalue weighted by molar-refractivity contribution is 0.0939. The molecule has 0 unspecified atom stereocenters. The summed E-state index contributed by atoms with van der Waals surface area (Å²) in [6, 6.07) is 7.17. The number of ether oxygens (including phenoxy) is 2. The summed E-state index contributed by atoms with van der Waals surface area (Å²) in [5.41, 5.74) is 2.35. The highest BCUT2D eigenvalue weighted by Crippen LogP contribution is 2.37.